The lowest BCUT2D eigenvalue weighted by Crippen LogP contribution is -2.49. The van der Waals surface area contributed by atoms with Gasteiger partial charge in [0.25, 0.3) is 0 Å². The molecule has 1 nitrogen and oxygen atoms in total. The van der Waals surface area contributed by atoms with Gasteiger partial charge in [-0.15, -0.1) is 0 Å². The molecule has 0 bridgehead atoms. The SMILES string of the molecule is C[C@H]1CCC[C@@H](C(F)(F)F)N1. The summed E-state index contributed by atoms with van der Waals surface area (Å²) in [5.41, 5.74) is 0. The Hall–Kier alpha value is -0.250. The average molecular weight is 167 g/mol. The third kappa shape index (κ3) is 2.36. The molecule has 1 rings (SSSR count). The molecular formula is C7H12F3N. The minimum atomic E-state index is -4.06. The molecule has 1 aliphatic heterocycles. The van der Waals surface area contributed by atoms with E-state index >= 15 is 0 Å². The van der Waals surface area contributed by atoms with Gasteiger partial charge in [0.15, 0.2) is 0 Å². The van der Waals surface area contributed by atoms with Gasteiger partial charge in [0.2, 0.25) is 0 Å². The molecule has 1 fully saturated rings. The molecule has 0 saturated carbocycles. The van der Waals surface area contributed by atoms with Crippen molar-refractivity contribution in [2.45, 2.75) is 44.4 Å². The standard InChI is InChI=1S/C7H12F3N/c1-5-3-2-4-6(11-5)7(8,9)10/h5-6,11H,2-4H2,1H3/t5-,6-/m0/s1. The van der Waals surface area contributed by atoms with E-state index in [1.54, 1.807) is 6.92 Å². The molecule has 0 aromatic heterocycles. The summed E-state index contributed by atoms with van der Waals surface area (Å²) in [6, 6.07) is -1.26. The molecule has 0 spiro atoms. The molecule has 0 amide bonds. The minimum Gasteiger partial charge on any atom is -0.304 e. The summed E-state index contributed by atoms with van der Waals surface area (Å²) in [5, 5.41) is 2.53. The molecule has 0 aliphatic carbocycles. The molecule has 0 radical (unpaired) electrons. The summed E-state index contributed by atoms with van der Waals surface area (Å²) in [6.45, 7) is 1.79. The fraction of sp³-hybridized carbons (Fsp3) is 1.00. The predicted molar refractivity (Wildman–Crippen MR) is 36.3 cm³/mol. The maximum absolute atomic E-state index is 12.1. The Labute approximate surface area is 64.0 Å². The highest BCUT2D eigenvalue weighted by Gasteiger charge is 2.41. The predicted octanol–water partition coefficient (Wildman–Crippen LogP) is 2.08. The van der Waals surface area contributed by atoms with E-state index in [0.29, 0.717) is 6.42 Å². The Morgan fingerprint density at radius 2 is 1.91 bits per heavy atom. The number of piperidine rings is 1. The summed E-state index contributed by atoms with van der Waals surface area (Å²) in [7, 11) is 0. The summed E-state index contributed by atoms with van der Waals surface area (Å²) in [4.78, 5) is 0. The van der Waals surface area contributed by atoms with Gasteiger partial charge in [-0.05, 0) is 19.8 Å². The van der Waals surface area contributed by atoms with E-state index in [9.17, 15) is 13.2 Å². The molecule has 0 aromatic carbocycles. The Balaban J connectivity index is 2.46. The Kier molecular flexibility index (Phi) is 2.42. The molecule has 11 heavy (non-hydrogen) atoms. The molecule has 1 aliphatic rings. The monoisotopic (exact) mass is 167 g/mol. The second-order valence-corrected chi connectivity index (χ2v) is 3.09. The van der Waals surface area contributed by atoms with Crippen LogP contribution < -0.4 is 5.32 Å². The van der Waals surface area contributed by atoms with Gasteiger partial charge in [-0.1, -0.05) is 6.42 Å². The smallest absolute Gasteiger partial charge is 0.304 e. The van der Waals surface area contributed by atoms with Crippen molar-refractivity contribution >= 4 is 0 Å². The lowest BCUT2D eigenvalue weighted by Gasteiger charge is -2.30. The number of alkyl halides is 3. The van der Waals surface area contributed by atoms with Crippen LogP contribution in [0.5, 0.6) is 0 Å². The highest BCUT2D eigenvalue weighted by Crippen LogP contribution is 2.27. The van der Waals surface area contributed by atoms with Crippen LogP contribution in [0.3, 0.4) is 0 Å². The van der Waals surface area contributed by atoms with E-state index in [2.05, 4.69) is 5.32 Å². The van der Waals surface area contributed by atoms with Crippen LogP contribution in [0.1, 0.15) is 26.2 Å². The van der Waals surface area contributed by atoms with Crippen LogP contribution in [0.25, 0.3) is 0 Å². The summed E-state index contributed by atoms with van der Waals surface area (Å²) < 4.78 is 36.2. The van der Waals surface area contributed by atoms with Gasteiger partial charge in [0.05, 0.1) is 0 Å². The van der Waals surface area contributed by atoms with Crippen molar-refractivity contribution in [1.29, 1.82) is 0 Å². The number of rotatable bonds is 0. The third-order valence-electron chi connectivity index (χ3n) is 2.01. The molecule has 0 unspecified atom stereocenters. The van der Waals surface area contributed by atoms with Crippen LogP contribution in [-0.2, 0) is 0 Å². The molecule has 2 atom stereocenters. The van der Waals surface area contributed by atoms with Gasteiger partial charge in [-0.25, -0.2) is 0 Å². The zero-order valence-electron chi connectivity index (χ0n) is 6.41. The van der Waals surface area contributed by atoms with Crippen molar-refractivity contribution in [3.63, 3.8) is 0 Å². The fourth-order valence-corrected chi connectivity index (χ4v) is 1.40. The summed E-state index contributed by atoms with van der Waals surface area (Å²) in [6.07, 6.45) is -2.30. The summed E-state index contributed by atoms with van der Waals surface area (Å²) >= 11 is 0. The molecule has 4 heteroatoms. The van der Waals surface area contributed by atoms with Gasteiger partial charge in [0, 0.05) is 6.04 Å². The largest absolute Gasteiger partial charge is 0.403 e. The zero-order chi connectivity index (χ0) is 8.48. The van der Waals surface area contributed by atoms with Gasteiger partial charge < -0.3 is 5.32 Å². The normalized spacial score (nSPS) is 33.8. The van der Waals surface area contributed by atoms with E-state index in [-0.39, 0.29) is 12.5 Å². The molecule has 66 valence electrons. The van der Waals surface area contributed by atoms with Crippen LogP contribution in [-0.4, -0.2) is 18.3 Å². The van der Waals surface area contributed by atoms with Crippen LogP contribution in [0.2, 0.25) is 0 Å². The number of halogens is 3. The van der Waals surface area contributed by atoms with Crippen LogP contribution >= 0.6 is 0 Å². The van der Waals surface area contributed by atoms with Crippen molar-refractivity contribution in [3.05, 3.63) is 0 Å². The first-order valence-corrected chi connectivity index (χ1v) is 3.83. The van der Waals surface area contributed by atoms with Crippen LogP contribution in [0.15, 0.2) is 0 Å². The van der Waals surface area contributed by atoms with Crippen LogP contribution in [0.4, 0.5) is 13.2 Å². The van der Waals surface area contributed by atoms with E-state index in [1.165, 1.54) is 0 Å². The first-order valence-electron chi connectivity index (χ1n) is 3.83. The quantitative estimate of drug-likeness (QED) is 0.582. The molecule has 0 aromatic rings. The molecular weight excluding hydrogens is 155 g/mol. The number of nitrogens with one attached hydrogen (secondary N) is 1. The fourth-order valence-electron chi connectivity index (χ4n) is 1.40. The topological polar surface area (TPSA) is 12.0 Å². The van der Waals surface area contributed by atoms with E-state index in [0.717, 1.165) is 6.42 Å². The zero-order valence-corrected chi connectivity index (χ0v) is 6.41. The first kappa shape index (κ1) is 8.84. The molecule has 1 saturated heterocycles. The highest BCUT2D eigenvalue weighted by molar-refractivity contribution is 4.82. The lowest BCUT2D eigenvalue weighted by molar-refractivity contribution is -0.162. The van der Waals surface area contributed by atoms with E-state index in [4.69, 9.17) is 0 Å². The minimum absolute atomic E-state index is 0.00961. The Morgan fingerprint density at radius 1 is 1.27 bits per heavy atom. The van der Waals surface area contributed by atoms with Gasteiger partial charge in [0.1, 0.15) is 6.04 Å². The Morgan fingerprint density at radius 3 is 2.27 bits per heavy atom. The lowest BCUT2D eigenvalue weighted by atomic mass is 9.99. The second-order valence-electron chi connectivity index (χ2n) is 3.09. The average Bonchev–Trinajstić information content (AvgIpc) is 1.86. The second kappa shape index (κ2) is 3.01. The third-order valence-corrected chi connectivity index (χ3v) is 2.01. The Bertz CT molecular complexity index is 132. The van der Waals surface area contributed by atoms with Gasteiger partial charge >= 0.3 is 6.18 Å². The molecule has 1 N–H and O–H groups in total. The van der Waals surface area contributed by atoms with Gasteiger partial charge in [-0.2, -0.15) is 13.2 Å². The van der Waals surface area contributed by atoms with Crippen molar-refractivity contribution in [2.24, 2.45) is 0 Å². The van der Waals surface area contributed by atoms with Crippen LogP contribution in [0, 0.1) is 0 Å². The van der Waals surface area contributed by atoms with E-state index < -0.39 is 12.2 Å². The molecule has 1 heterocycles. The van der Waals surface area contributed by atoms with Crippen molar-refractivity contribution in [1.82, 2.24) is 5.32 Å². The maximum atomic E-state index is 12.1. The number of hydrogen-bond acceptors (Lipinski definition) is 1. The number of hydrogen-bond donors (Lipinski definition) is 1. The van der Waals surface area contributed by atoms with Crippen molar-refractivity contribution < 1.29 is 13.2 Å². The van der Waals surface area contributed by atoms with E-state index in [1.807, 2.05) is 0 Å². The van der Waals surface area contributed by atoms with Gasteiger partial charge in [-0.3, -0.25) is 0 Å². The van der Waals surface area contributed by atoms with Crippen molar-refractivity contribution in [2.75, 3.05) is 0 Å². The summed E-state index contributed by atoms with van der Waals surface area (Å²) in [5.74, 6) is 0. The first-order chi connectivity index (χ1) is 5.00. The van der Waals surface area contributed by atoms with Crippen molar-refractivity contribution in [3.8, 4) is 0 Å². The highest BCUT2D eigenvalue weighted by atomic mass is 19.4. The maximum Gasteiger partial charge on any atom is 0.403 e.